The van der Waals surface area contributed by atoms with Crippen molar-refractivity contribution in [3.63, 3.8) is 0 Å². The molecule has 3 aromatic rings. The van der Waals surface area contributed by atoms with Gasteiger partial charge in [-0.15, -0.1) is 0 Å². The van der Waals surface area contributed by atoms with Crippen LogP contribution in [0.25, 0.3) is 22.5 Å². The smallest absolute Gasteiger partial charge is 0.198 e. The minimum absolute atomic E-state index is 0.701. The lowest BCUT2D eigenvalue weighted by atomic mass is 10.0. The van der Waals surface area contributed by atoms with Gasteiger partial charge in [-0.05, 0) is 29.8 Å². The molecule has 3 nitrogen and oxygen atoms in total. The summed E-state index contributed by atoms with van der Waals surface area (Å²) in [6.07, 6.45) is 6.09. The quantitative estimate of drug-likeness (QED) is 0.710. The molecule has 2 heterocycles. The summed E-state index contributed by atoms with van der Waals surface area (Å²) in [5, 5.41) is 0.701. The molecule has 4 heteroatoms. The van der Waals surface area contributed by atoms with Gasteiger partial charge in [0.25, 0.3) is 0 Å². The van der Waals surface area contributed by atoms with Crippen LogP contribution in [0.2, 0.25) is 5.02 Å². The Kier molecular flexibility index (Phi) is 3.21. The first-order valence-electron chi connectivity index (χ1n) is 5.75. The van der Waals surface area contributed by atoms with Crippen LogP contribution < -0.4 is 0 Å². The van der Waals surface area contributed by atoms with E-state index >= 15 is 0 Å². The van der Waals surface area contributed by atoms with Gasteiger partial charge in [0.05, 0.1) is 5.69 Å². The molecule has 0 amide bonds. The van der Waals surface area contributed by atoms with Gasteiger partial charge in [0.2, 0.25) is 0 Å². The zero-order valence-corrected chi connectivity index (χ0v) is 10.7. The maximum Gasteiger partial charge on any atom is 0.198 e. The molecule has 1 aromatic carbocycles. The van der Waals surface area contributed by atoms with Crippen molar-refractivity contribution in [3.8, 4) is 22.5 Å². The molecule has 0 saturated carbocycles. The van der Waals surface area contributed by atoms with Crippen molar-refractivity contribution >= 4 is 11.6 Å². The molecule has 0 atom stereocenters. The van der Waals surface area contributed by atoms with Crippen molar-refractivity contribution in [2.75, 3.05) is 0 Å². The minimum Gasteiger partial charge on any atom is -0.255 e. The molecule has 1 radical (unpaired) electrons. The van der Waals surface area contributed by atoms with Crippen molar-refractivity contribution in [2.45, 2.75) is 0 Å². The van der Waals surface area contributed by atoms with Gasteiger partial charge in [-0.3, -0.25) is 4.98 Å². The second-order valence-corrected chi connectivity index (χ2v) is 4.39. The van der Waals surface area contributed by atoms with E-state index < -0.39 is 0 Å². The normalized spacial score (nSPS) is 10.4. The summed E-state index contributed by atoms with van der Waals surface area (Å²) in [6, 6.07) is 13.3. The Morgan fingerprint density at radius 1 is 1.00 bits per heavy atom. The monoisotopic (exact) mass is 266 g/mol. The van der Waals surface area contributed by atoms with Gasteiger partial charge >= 0.3 is 0 Å². The maximum absolute atomic E-state index is 5.91. The summed E-state index contributed by atoms with van der Waals surface area (Å²) in [5.74, 6) is 0. The number of rotatable bonds is 2. The van der Waals surface area contributed by atoms with Crippen LogP contribution in [0.1, 0.15) is 0 Å². The molecule has 2 aromatic heterocycles. The number of halogens is 1. The average Bonchev–Trinajstić information content (AvgIpc) is 2.49. The van der Waals surface area contributed by atoms with E-state index in [1.54, 1.807) is 12.4 Å². The van der Waals surface area contributed by atoms with Crippen LogP contribution in [-0.2, 0) is 0 Å². The van der Waals surface area contributed by atoms with Crippen LogP contribution in [-0.4, -0.2) is 15.0 Å². The predicted octanol–water partition coefficient (Wildman–Crippen LogP) is 3.66. The Balaban J connectivity index is 2.15. The summed E-state index contributed by atoms with van der Waals surface area (Å²) >= 11 is 5.91. The molecule has 0 aliphatic rings. The molecule has 91 valence electrons. The van der Waals surface area contributed by atoms with Gasteiger partial charge in [0.1, 0.15) is 5.69 Å². The molecule has 19 heavy (non-hydrogen) atoms. The highest BCUT2D eigenvalue weighted by atomic mass is 35.5. The van der Waals surface area contributed by atoms with E-state index in [4.69, 9.17) is 11.6 Å². The topological polar surface area (TPSA) is 38.7 Å². The van der Waals surface area contributed by atoms with Gasteiger partial charge in [0, 0.05) is 23.0 Å². The highest BCUT2D eigenvalue weighted by Gasteiger charge is 2.09. The second-order valence-electron chi connectivity index (χ2n) is 3.95. The fourth-order valence-corrected chi connectivity index (χ4v) is 1.96. The standard InChI is InChI=1S/C15H9ClN3/c16-12-6-4-11(5-7-12)13-9-17-10-19-15(13)14-3-1-2-8-18-14/h1-9H. The van der Waals surface area contributed by atoms with Crippen molar-refractivity contribution in [3.05, 3.63) is 66.2 Å². The fourth-order valence-electron chi connectivity index (χ4n) is 1.83. The van der Waals surface area contributed by atoms with Crippen LogP contribution in [0.3, 0.4) is 0 Å². The Morgan fingerprint density at radius 2 is 1.84 bits per heavy atom. The number of pyridine rings is 1. The van der Waals surface area contributed by atoms with Gasteiger partial charge in [-0.2, -0.15) is 0 Å². The van der Waals surface area contributed by atoms with Crippen LogP contribution in [0.5, 0.6) is 0 Å². The number of benzene rings is 1. The second kappa shape index (κ2) is 5.16. The first kappa shape index (κ1) is 11.8. The molecule has 0 unspecified atom stereocenters. The third kappa shape index (κ3) is 2.46. The van der Waals surface area contributed by atoms with Crippen molar-refractivity contribution < 1.29 is 0 Å². The summed E-state index contributed by atoms with van der Waals surface area (Å²) in [4.78, 5) is 12.5. The zero-order chi connectivity index (χ0) is 13.1. The van der Waals surface area contributed by atoms with E-state index in [9.17, 15) is 0 Å². The fraction of sp³-hybridized carbons (Fsp3) is 0. The third-order valence-electron chi connectivity index (χ3n) is 2.73. The van der Waals surface area contributed by atoms with E-state index in [0.29, 0.717) is 5.02 Å². The average molecular weight is 267 g/mol. The maximum atomic E-state index is 5.91. The Bertz CT molecular complexity index is 681. The molecular formula is C15H9ClN3. The molecule has 3 rings (SSSR count). The molecule has 0 spiro atoms. The Morgan fingerprint density at radius 3 is 2.58 bits per heavy atom. The molecule has 0 N–H and O–H groups in total. The van der Waals surface area contributed by atoms with Gasteiger partial charge in [0.15, 0.2) is 6.33 Å². The molecular weight excluding hydrogens is 258 g/mol. The van der Waals surface area contributed by atoms with E-state index in [1.165, 1.54) is 0 Å². The van der Waals surface area contributed by atoms with Crippen LogP contribution in [0.4, 0.5) is 0 Å². The summed E-state index contributed by atoms with van der Waals surface area (Å²) < 4.78 is 0. The van der Waals surface area contributed by atoms with Crippen molar-refractivity contribution in [1.82, 2.24) is 15.0 Å². The minimum atomic E-state index is 0.701. The Labute approximate surface area is 116 Å². The summed E-state index contributed by atoms with van der Waals surface area (Å²) in [7, 11) is 0. The predicted molar refractivity (Wildman–Crippen MR) is 74.5 cm³/mol. The molecule has 0 bridgehead atoms. The van der Waals surface area contributed by atoms with Gasteiger partial charge in [-0.25, -0.2) is 9.97 Å². The van der Waals surface area contributed by atoms with Gasteiger partial charge < -0.3 is 0 Å². The molecule has 0 aliphatic carbocycles. The summed E-state index contributed by atoms with van der Waals surface area (Å²) in [5.41, 5.74) is 3.47. The number of hydrogen-bond donors (Lipinski definition) is 0. The largest absolute Gasteiger partial charge is 0.255 e. The molecule has 0 saturated heterocycles. The number of aromatic nitrogens is 3. The lowest BCUT2D eigenvalue weighted by Gasteiger charge is -2.07. The SMILES string of the molecule is Clc1ccc(-c2cn[c]nc2-c2ccccn2)cc1. The van der Waals surface area contributed by atoms with E-state index in [-0.39, 0.29) is 0 Å². The molecule has 0 aliphatic heterocycles. The number of hydrogen-bond acceptors (Lipinski definition) is 3. The first-order chi connectivity index (χ1) is 9.34. The van der Waals surface area contributed by atoms with Crippen molar-refractivity contribution in [2.24, 2.45) is 0 Å². The zero-order valence-electron chi connectivity index (χ0n) is 9.92. The van der Waals surface area contributed by atoms with E-state index in [2.05, 4.69) is 21.3 Å². The first-order valence-corrected chi connectivity index (χ1v) is 6.13. The number of nitrogens with zero attached hydrogens (tertiary/aromatic N) is 3. The van der Waals surface area contributed by atoms with E-state index in [1.807, 2.05) is 42.5 Å². The van der Waals surface area contributed by atoms with Crippen LogP contribution in [0.15, 0.2) is 54.9 Å². The van der Waals surface area contributed by atoms with Crippen LogP contribution in [0, 0.1) is 6.33 Å². The molecule has 0 fully saturated rings. The van der Waals surface area contributed by atoms with E-state index in [0.717, 1.165) is 22.5 Å². The Hall–Kier alpha value is -2.26. The highest BCUT2D eigenvalue weighted by molar-refractivity contribution is 6.30. The highest BCUT2D eigenvalue weighted by Crippen LogP contribution is 2.28. The lowest BCUT2D eigenvalue weighted by molar-refractivity contribution is 1.14. The third-order valence-corrected chi connectivity index (χ3v) is 2.98. The lowest BCUT2D eigenvalue weighted by Crippen LogP contribution is -1.92. The van der Waals surface area contributed by atoms with Gasteiger partial charge in [-0.1, -0.05) is 29.8 Å². The van der Waals surface area contributed by atoms with Crippen LogP contribution >= 0.6 is 11.6 Å². The van der Waals surface area contributed by atoms with Crippen molar-refractivity contribution in [1.29, 1.82) is 0 Å². The summed E-state index contributed by atoms with van der Waals surface area (Å²) in [6.45, 7) is 0.